The maximum absolute atomic E-state index is 13.2. The first-order chi connectivity index (χ1) is 11.7. The van der Waals surface area contributed by atoms with E-state index in [1.165, 1.54) is 17.0 Å². The molecule has 1 amide bonds. The van der Waals surface area contributed by atoms with E-state index in [0.29, 0.717) is 12.2 Å². The number of thiophene rings is 1. The predicted molar refractivity (Wildman–Crippen MR) is 93.6 cm³/mol. The van der Waals surface area contributed by atoms with E-state index in [0.717, 1.165) is 26.0 Å². The van der Waals surface area contributed by atoms with Gasteiger partial charge in [0, 0.05) is 30.3 Å². The van der Waals surface area contributed by atoms with Gasteiger partial charge in [-0.1, -0.05) is 12.1 Å². The second kappa shape index (κ2) is 8.37. The summed E-state index contributed by atoms with van der Waals surface area (Å²) >= 11 is 1.68. The molecule has 128 valence electrons. The van der Waals surface area contributed by atoms with Crippen LogP contribution in [0.2, 0.25) is 0 Å². The van der Waals surface area contributed by atoms with Crippen LogP contribution in [0, 0.1) is 5.82 Å². The van der Waals surface area contributed by atoms with Crippen LogP contribution in [0.4, 0.5) is 10.1 Å². The van der Waals surface area contributed by atoms with Crippen molar-refractivity contribution in [3.8, 4) is 0 Å². The lowest BCUT2D eigenvalue weighted by Gasteiger charge is -2.24. The van der Waals surface area contributed by atoms with Crippen LogP contribution in [0.1, 0.15) is 17.7 Å². The molecule has 1 fully saturated rings. The van der Waals surface area contributed by atoms with Gasteiger partial charge < -0.3 is 10.1 Å². The highest BCUT2D eigenvalue weighted by molar-refractivity contribution is 7.09. The van der Waals surface area contributed by atoms with E-state index in [2.05, 4.69) is 16.3 Å². The molecule has 1 atom stereocenters. The summed E-state index contributed by atoms with van der Waals surface area (Å²) in [7, 11) is 0. The minimum Gasteiger partial charge on any atom is -0.377 e. The van der Waals surface area contributed by atoms with Crippen LogP contribution in [0.15, 0.2) is 41.8 Å². The Morgan fingerprint density at radius 3 is 3.00 bits per heavy atom. The van der Waals surface area contributed by atoms with E-state index in [-0.39, 0.29) is 24.4 Å². The van der Waals surface area contributed by atoms with Gasteiger partial charge in [-0.05, 0) is 42.5 Å². The summed E-state index contributed by atoms with van der Waals surface area (Å²) in [6, 6.07) is 10.0. The Bertz CT molecular complexity index is 657. The summed E-state index contributed by atoms with van der Waals surface area (Å²) in [6.07, 6.45) is 2.30. The number of rotatable bonds is 7. The second-order valence-electron chi connectivity index (χ2n) is 5.94. The first-order valence-electron chi connectivity index (χ1n) is 8.11. The van der Waals surface area contributed by atoms with E-state index in [1.54, 1.807) is 23.5 Å². The van der Waals surface area contributed by atoms with Crippen molar-refractivity contribution in [3.05, 3.63) is 52.5 Å². The monoisotopic (exact) mass is 348 g/mol. The fourth-order valence-electron chi connectivity index (χ4n) is 2.85. The first-order valence-corrected chi connectivity index (χ1v) is 8.99. The standard InChI is InChI=1S/C18H21FN2O2S/c19-14-4-1-5-15(10-14)20-18(22)13-21(11-16-6-2-8-23-16)12-17-7-3-9-24-17/h1,3-5,7,9-10,16H,2,6,8,11-13H2,(H,20,22)/t16-/m1/s1. The van der Waals surface area contributed by atoms with Crippen molar-refractivity contribution in [3.63, 3.8) is 0 Å². The highest BCUT2D eigenvalue weighted by atomic mass is 32.1. The van der Waals surface area contributed by atoms with Crippen molar-refractivity contribution in [1.82, 2.24) is 4.90 Å². The van der Waals surface area contributed by atoms with Crippen LogP contribution in [0.3, 0.4) is 0 Å². The van der Waals surface area contributed by atoms with Gasteiger partial charge in [0.15, 0.2) is 0 Å². The van der Waals surface area contributed by atoms with Gasteiger partial charge in [-0.3, -0.25) is 9.69 Å². The van der Waals surface area contributed by atoms with E-state index >= 15 is 0 Å². The molecule has 1 aromatic carbocycles. The number of hydrogen-bond acceptors (Lipinski definition) is 4. The maximum Gasteiger partial charge on any atom is 0.238 e. The molecule has 1 saturated heterocycles. The number of ether oxygens (including phenoxy) is 1. The Kier molecular flexibility index (Phi) is 5.96. The molecule has 2 aromatic rings. The quantitative estimate of drug-likeness (QED) is 0.833. The highest BCUT2D eigenvalue weighted by Crippen LogP contribution is 2.17. The summed E-state index contributed by atoms with van der Waals surface area (Å²) in [6.45, 7) is 2.50. The van der Waals surface area contributed by atoms with Crippen molar-refractivity contribution < 1.29 is 13.9 Å². The molecule has 0 spiro atoms. The van der Waals surface area contributed by atoms with Crippen LogP contribution in [0.25, 0.3) is 0 Å². The zero-order chi connectivity index (χ0) is 16.8. The normalized spacial score (nSPS) is 17.3. The van der Waals surface area contributed by atoms with E-state index in [4.69, 9.17) is 4.74 Å². The molecule has 0 saturated carbocycles. The van der Waals surface area contributed by atoms with Gasteiger partial charge in [0.05, 0.1) is 12.6 Å². The molecule has 1 aromatic heterocycles. The third-order valence-corrected chi connectivity index (χ3v) is 4.78. The summed E-state index contributed by atoms with van der Waals surface area (Å²) in [5, 5.41) is 4.79. The zero-order valence-corrected chi connectivity index (χ0v) is 14.2. The van der Waals surface area contributed by atoms with Gasteiger partial charge in [0.2, 0.25) is 5.91 Å². The highest BCUT2D eigenvalue weighted by Gasteiger charge is 2.21. The summed E-state index contributed by atoms with van der Waals surface area (Å²) < 4.78 is 18.9. The smallest absolute Gasteiger partial charge is 0.238 e. The molecular weight excluding hydrogens is 327 g/mol. The van der Waals surface area contributed by atoms with Crippen molar-refractivity contribution in [2.75, 3.05) is 25.0 Å². The van der Waals surface area contributed by atoms with Gasteiger partial charge in [-0.25, -0.2) is 4.39 Å². The van der Waals surface area contributed by atoms with Crippen LogP contribution in [0.5, 0.6) is 0 Å². The molecule has 1 aliphatic rings. The number of carbonyl (C=O) groups excluding carboxylic acids is 1. The zero-order valence-electron chi connectivity index (χ0n) is 13.4. The molecular formula is C18H21FN2O2S. The van der Waals surface area contributed by atoms with E-state index in [1.807, 2.05) is 11.4 Å². The fraction of sp³-hybridized carbons (Fsp3) is 0.389. The van der Waals surface area contributed by atoms with Crippen LogP contribution >= 0.6 is 11.3 Å². The molecule has 1 aliphatic heterocycles. The molecule has 0 radical (unpaired) electrons. The lowest BCUT2D eigenvalue weighted by Crippen LogP contribution is -2.37. The SMILES string of the molecule is O=C(CN(Cc1cccs1)C[C@H]1CCCO1)Nc1cccc(F)c1. The topological polar surface area (TPSA) is 41.6 Å². The van der Waals surface area contributed by atoms with Gasteiger partial charge >= 0.3 is 0 Å². The second-order valence-corrected chi connectivity index (χ2v) is 6.97. The average Bonchev–Trinajstić information content (AvgIpc) is 3.21. The largest absolute Gasteiger partial charge is 0.377 e. The molecule has 3 rings (SSSR count). The van der Waals surface area contributed by atoms with Gasteiger partial charge in [0.25, 0.3) is 0 Å². The van der Waals surface area contributed by atoms with Gasteiger partial charge in [-0.15, -0.1) is 11.3 Å². The number of nitrogens with zero attached hydrogens (tertiary/aromatic N) is 1. The average molecular weight is 348 g/mol. The van der Waals surface area contributed by atoms with E-state index in [9.17, 15) is 9.18 Å². The first kappa shape index (κ1) is 17.1. The van der Waals surface area contributed by atoms with Crippen LogP contribution in [-0.4, -0.2) is 36.6 Å². The Balaban J connectivity index is 1.60. The Morgan fingerprint density at radius 1 is 1.38 bits per heavy atom. The number of halogens is 1. The fourth-order valence-corrected chi connectivity index (χ4v) is 3.60. The Hall–Kier alpha value is -1.76. The number of amides is 1. The summed E-state index contributed by atoms with van der Waals surface area (Å²) in [4.78, 5) is 15.6. The third kappa shape index (κ3) is 5.12. The molecule has 0 unspecified atom stereocenters. The number of benzene rings is 1. The van der Waals surface area contributed by atoms with Crippen molar-refractivity contribution in [1.29, 1.82) is 0 Å². The van der Waals surface area contributed by atoms with Crippen LogP contribution < -0.4 is 5.32 Å². The minimum absolute atomic E-state index is 0.143. The molecule has 4 nitrogen and oxygen atoms in total. The molecule has 1 N–H and O–H groups in total. The molecule has 24 heavy (non-hydrogen) atoms. The Labute approximate surface area is 145 Å². The van der Waals surface area contributed by atoms with Gasteiger partial charge in [-0.2, -0.15) is 0 Å². The number of carbonyl (C=O) groups is 1. The van der Waals surface area contributed by atoms with Crippen molar-refractivity contribution in [2.45, 2.75) is 25.5 Å². The number of anilines is 1. The predicted octanol–water partition coefficient (Wildman–Crippen LogP) is 3.51. The van der Waals surface area contributed by atoms with Gasteiger partial charge in [0.1, 0.15) is 5.82 Å². The lowest BCUT2D eigenvalue weighted by molar-refractivity contribution is -0.117. The van der Waals surface area contributed by atoms with E-state index < -0.39 is 0 Å². The molecule has 6 heteroatoms. The van der Waals surface area contributed by atoms with Crippen molar-refractivity contribution in [2.24, 2.45) is 0 Å². The number of nitrogens with one attached hydrogen (secondary N) is 1. The molecule has 0 aliphatic carbocycles. The summed E-state index contributed by atoms with van der Waals surface area (Å²) in [5.41, 5.74) is 0.480. The Morgan fingerprint density at radius 2 is 2.29 bits per heavy atom. The lowest BCUT2D eigenvalue weighted by atomic mass is 10.2. The minimum atomic E-state index is -0.359. The summed E-state index contributed by atoms with van der Waals surface area (Å²) in [5.74, 6) is -0.502. The third-order valence-electron chi connectivity index (χ3n) is 3.92. The van der Waals surface area contributed by atoms with Crippen molar-refractivity contribution >= 4 is 22.9 Å². The molecule has 0 bridgehead atoms. The van der Waals surface area contributed by atoms with Crippen LogP contribution in [-0.2, 0) is 16.1 Å². The maximum atomic E-state index is 13.2. The number of hydrogen-bond donors (Lipinski definition) is 1. The molecule has 2 heterocycles.